The van der Waals surface area contributed by atoms with Gasteiger partial charge in [-0.15, -0.1) is 0 Å². The van der Waals surface area contributed by atoms with E-state index in [1.54, 1.807) is 49.6 Å². The fourth-order valence-corrected chi connectivity index (χ4v) is 4.09. The van der Waals surface area contributed by atoms with Gasteiger partial charge in [0.2, 0.25) is 11.1 Å². The van der Waals surface area contributed by atoms with Crippen molar-refractivity contribution in [3.05, 3.63) is 104 Å². The zero-order chi connectivity index (χ0) is 22.9. The molecule has 6 nitrogen and oxygen atoms in total. The minimum absolute atomic E-state index is 0.000632. The largest absolute Gasteiger partial charge is 0.497 e. The Morgan fingerprint density at radius 2 is 1.70 bits per heavy atom. The van der Waals surface area contributed by atoms with E-state index < -0.39 is 11.0 Å². The van der Waals surface area contributed by atoms with Crippen LogP contribution in [-0.4, -0.2) is 16.7 Å². The van der Waals surface area contributed by atoms with Gasteiger partial charge in [-0.2, -0.15) is 4.98 Å². The van der Waals surface area contributed by atoms with Gasteiger partial charge >= 0.3 is 0 Å². The number of ether oxygens (including phenoxy) is 1. The predicted molar refractivity (Wildman–Crippen MR) is 129 cm³/mol. The Morgan fingerprint density at radius 3 is 2.45 bits per heavy atom. The van der Waals surface area contributed by atoms with Crippen LogP contribution in [0.25, 0.3) is 33.5 Å². The summed E-state index contributed by atoms with van der Waals surface area (Å²) in [7, 11) is 1.61. The Labute approximate surface area is 193 Å². The standard InChI is InChI=1S/C26H19ClN2O4/c1-32-17-12-10-16(11-13-17)14-15-29-24(18-6-2-4-8-20(18)27)28-25-22(26(29)31)23(30)19-7-3-5-9-21(19)33-25/h2-13H,14-15H2,1H3. The number of nitrogens with zero attached hydrogens (tertiary/aromatic N) is 2. The molecule has 0 aliphatic heterocycles. The molecule has 0 fully saturated rings. The summed E-state index contributed by atoms with van der Waals surface area (Å²) < 4.78 is 12.6. The molecule has 3 aromatic carbocycles. The molecule has 0 bridgehead atoms. The zero-order valence-corrected chi connectivity index (χ0v) is 18.5. The van der Waals surface area contributed by atoms with E-state index in [1.807, 2.05) is 30.3 Å². The van der Waals surface area contributed by atoms with E-state index in [4.69, 9.17) is 20.8 Å². The molecule has 0 amide bonds. The number of aryl methyl sites for hydroxylation is 1. The number of aromatic nitrogens is 2. The molecule has 0 aliphatic carbocycles. The van der Waals surface area contributed by atoms with E-state index in [0.717, 1.165) is 11.3 Å². The Hall–Kier alpha value is -3.90. The highest BCUT2D eigenvalue weighted by atomic mass is 35.5. The summed E-state index contributed by atoms with van der Waals surface area (Å²) in [4.78, 5) is 31.4. The lowest BCUT2D eigenvalue weighted by Gasteiger charge is -2.14. The van der Waals surface area contributed by atoms with Gasteiger partial charge < -0.3 is 9.15 Å². The van der Waals surface area contributed by atoms with Crippen molar-refractivity contribution in [2.45, 2.75) is 13.0 Å². The molecule has 0 N–H and O–H groups in total. The van der Waals surface area contributed by atoms with Crippen molar-refractivity contribution in [1.82, 2.24) is 9.55 Å². The summed E-state index contributed by atoms with van der Waals surface area (Å²) in [5.74, 6) is 1.11. The maximum atomic E-state index is 13.6. The van der Waals surface area contributed by atoms with Crippen molar-refractivity contribution in [3.63, 3.8) is 0 Å². The lowest BCUT2D eigenvalue weighted by atomic mass is 10.1. The number of hydrogen-bond donors (Lipinski definition) is 0. The van der Waals surface area contributed by atoms with Crippen LogP contribution in [0.5, 0.6) is 5.75 Å². The summed E-state index contributed by atoms with van der Waals surface area (Å²) in [6, 6.07) is 21.6. The third-order valence-electron chi connectivity index (χ3n) is 5.60. The van der Waals surface area contributed by atoms with Gasteiger partial charge in [0.05, 0.1) is 17.5 Å². The molecule has 0 unspecified atom stereocenters. The molecule has 2 aromatic heterocycles. The van der Waals surface area contributed by atoms with Crippen LogP contribution in [0, 0.1) is 0 Å². The second-order valence-corrected chi connectivity index (χ2v) is 7.98. The molecule has 33 heavy (non-hydrogen) atoms. The topological polar surface area (TPSA) is 74.3 Å². The third-order valence-corrected chi connectivity index (χ3v) is 5.93. The number of hydrogen-bond acceptors (Lipinski definition) is 5. The van der Waals surface area contributed by atoms with Crippen molar-refractivity contribution in [2.24, 2.45) is 0 Å². The Kier molecular flexibility index (Phi) is 5.44. The summed E-state index contributed by atoms with van der Waals surface area (Å²) in [6.07, 6.45) is 0.549. The molecule has 5 rings (SSSR count). The van der Waals surface area contributed by atoms with Crippen LogP contribution in [0.4, 0.5) is 0 Å². The summed E-state index contributed by atoms with van der Waals surface area (Å²) in [6.45, 7) is 0.306. The summed E-state index contributed by atoms with van der Waals surface area (Å²) in [5.41, 5.74) is 1.13. The molecule has 0 radical (unpaired) electrons. The number of fused-ring (bicyclic) bond motifs is 2. The van der Waals surface area contributed by atoms with Gasteiger partial charge in [0, 0.05) is 12.1 Å². The first-order chi connectivity index (χ1) is 16.1. The normalized spacial score (nSPS) is 11.2. The maximum Gasteiger partial charge on any atom is 0.269 e. The molecule has 0 saturated heterocycles. The molecule has 0 atom stereocenters. The van der Waals surface area contributed by atoms with Gasteiger partial charge in [0.25, 0.3) is 5.56 Å². The van der Waals surface area contributed by atoms with Crippen LogP contribution in [0.15, 0.2) is 86.8 Å². The Balaban J connectivity index is 1.73. The van der Waals surface area contributed by atoms with Crippen molar-refractivity contribution < 1.29 is 9.15 Å². The van der Waals surface area contributed by atoms with Crippen LogP contribution in [-0.2, 0) is 13.0 Å². The van der Waals surface area contributed by atoms with E-state index in [0.29, 0.717) is 40.3 Å². The second kappa shape index (κ2) is 8.56. The number of rotatable bonds is 5. The Morgan fingerprint density at radius 1 is 0.970 bits per heavy atom. The number of benzene rings is 3. The molecule has 0 aliphatic rings. The van der Waals surface area contributed by atoms with Crippen molar-refractivity contribution >= 4 is 33.7 Å². The van der Waals surface area contributed by atoms with Crippen LogP contribution in [0.3, 0.4) is 0 Å². The fourth-order valence-electron chi connectivity index (χ4n) is 3.87. The number of para-hydroxylation sites is 1. The third kappa shape index (κ3) is 3.79. The van der Waals surface area contributed by atoms with Crippen LogP contribution < -0.4 is 15.7 Å². The second-order valence-electron chi connectivity index (χ2n) is 7.58. The van der Waals surface area contributed by atoms with Gasteiger partial charge in [-0.3, -0.25) is 14.2 Å². The highest BCUT2D eigenvalue weighted by Crippen LogP contribution is 2.27. The average molecular weight is 459 g/mol. The van der Waals surface area contributed by atoms with E-state index >= 15 is 0 Å². The SMILES string of the molecule is COc1ccc(CCn2c(-c3ccccc3Cl)nc3oc4ccccc4c(=O)c3c2=O)cc1. The van der Waals surface area contributed by atoms with Crippen LogP contribution >= 0.6 is 11.6 Å². The molecule has 0 spiro atoms. The van der Waals surface area contributed by atoms with Gasteiger partial charge in [-0.25, -0.2) is 0 Å². The number of methoxy groups -OCH3 is 1. The smallest absolute Gasteiger partial charge is 0.269 e. The predicted octanol–water partition coefficient (Wildman–Crippen LogP) is 5.07. The van der Waals surface area contributed by atoms with Gasteiger partial charge in [0.1, 0.15) is 17.2 Å². The average Bonchev–Trinajstić information content (AvgIpc) is 2.84. The molecular formula is C26H19ClN2O4. The first-order valence-electron chi connectivity index (χ1n) is 10.4. The monoisotopic (exact) mass is 458 g/mol. The van der Waals surface area contributed by atoms with E-state index in [2.05, 4.69) is 4.98 Å². The lowest BCUT2D eigenvalue weighted by molar-refractivity contribution is 0.414. The van der Waals surface area contributed by atoms with E-state index in [-0.39, 0.29) is 11.1 Å². The fraction of sp³-hybridized carbons (Fsp3) is 0.115. The van der Waals surface area contributed by atoms with Gasteiger partial charge in [0.15, 0.2) is 5.39 Å². The highest BCUT2D eigenvalue weighted by Gasteiger charge is 2.20. The van der Waals surface area contributed by atoms with Crippen molar-refractivity contribution in [2.75, 3.05) is 7.11 Å². The van der Waals surface area contributed by atoms with Crippen LogP contribution in [0.1, 0.15) is 5.56 Å². The van der Waals surface area contributed by atoms with Crippen LogP contribution in [0.2, 0.25) is 5.02 Å². The molecule has 0 saturated carbocycles. The van der Waals surface area contributed by atoms with E-state index in [1.165, 1.54) is 4.57 Å². The molecule has 164 valence electrons. The van der Waals surface area contributed by atoms with Gasteiger partial charge in [-0.05, 0) is 48.4 Å². The minimum Gasteiger partial charge on any atom is -0.497 e. The summed E-state index contributed by atoms with van der Waals surface area (Å²) in [5, 5.41) is 0.723. The van der Waals surface area contributed by atoms with Crippen molar-refractivity contribution in [1.29, 1.82) is 0 Å². The number of halogens is 1. The molecular weight excluding hydrogens is 440 g/mol. The Bertz CT molecular complexity index is 1600. The molecule has 5 aromatic rings. The van der Waals surface area contributed by atoms with Gasteiger partial charge in [-0.1, -0.05) is 48.0 Å². The zero-order valence-electron chi connectivity index (χ0n) is 17.7. The van der Waals surface area contributed by atoms with Crippen molar-refractivity contribution in [3.8, 4) is 17.1 Å². The minimum atomic E-state index is -0.456. The first kappa shape index (κ1) is 21.0. The highest BCUT2D eigenvalue weighted by molar-refractivity contribution is 6.33. The molecule has 7 heteroatoms. The maximum absolute atomic E-state index is 13.6. The summed E-state index contributed by atoms with van der Waals surface area (Å²) >= 11 is 6.45. The quantitative estimate of drug-likeness (QED) is 0.343. The first-order valence-corrected chi connectivity index (χ1v) is 10.8. The van der Waals surface area contributed by atoms with E-state index in [9.17, 15) is 9.59 Å². The molecule has 2 heterocycles. The lowest BCUT2D eigenvalue weighted by Crippen LogP contribution is -2.28.